The van der Waals surface area contributed by atoms with Gasteiger partial charge in [-0.15, -0.1) is 10.2 Å². The van der Waals surface area contributed by atoms with Crippen LogP contribution in [0.5, 0.6) is 0 Å². The van der Waals surface area contributed by atoms with Crippen molar-refractivity contribution in [3.05, 3.63) is 36.7 Å². The molecular weight excluding hydrogens is 355 g/mol. The first-order chi connectivity index (χ1) is 13.1. The van der Waals surface area contributed by atoms with E-state index in [4.69, 9.17) is 4.74 Å². The molecule has 2 heterocycles. The molecule has 0 aliphatic carbocycles. The predicted molar refractivity (Wildman–Crippen MR) is 95.1 cm³/mol. The summed E-state index contributed by atoms with van der Waals surface area (Å²) in [7, 11) is 0. The summed E-state index contributed by atoms with van der Waals surface area (Å²) in [5, 5.41) is 12.7. The van der Waals surface area contributed by atoms with Crippen molar-refractivity contribution in [1.29, 1.82) is 0 Å². The Morgan fingerprint density at radius 1 is 1.26 bits per heavy atom. The van der Waals surface area contributed by atoms with E-state index in [2.05, 4.69) is 20.8 Å². The molecule has 2 aromatic rings. The summed E-state index contributed by atoms with van der Waals surface area (Å²) < 4.78 is 20.6. The number of carbonyl (C=O) groups excluding carboxylic acids is 2. The average molecular weight is 376 g/mol. The summed E-state index contributed by atoms with van der Waals surface area (Å²) in [5.74, 6) is -0.542. The number of likely N-dealkylation sites (tertiary alicyclic amines) is 1. The zero-order valence-electron chi connectivity index (χ0n) is 14.9. The molecule has 9 nitrogen and oxygen atoms in total. The fourth-order valence-corrected chi connectivity index (χ4v) is 2.87. The number of aromatic nitrogens is 3. The SMILES string of the molecule is CCOC(=O)N1CCC(NC(=O)Nc2cc(-n3cnnc3)ccc2F)CC1. The van der Waals surface area contributed by atoms with Crippen molar-refractivity contribution in [3.63, 3.8) is 0 Å². The van der Waals surface area contributed by atoms with Crippen molar-refractivity contribution in [2.24, 2.45) is 0 Å². The van der Waals surface area contributed by atoms with Crippen LogP contribution in [-0.2, 0) is 4.74 Å². The molecule has 0 spiro atoms. The zero-order valence-corrected chi connectivity index (χ0v) is 14.9. The smallest absolute Gasteiger partial charge is 0.409 e. The number of hydrogen-bond donors (Lipinski definition) is 2. The molecule has 0 unspecified atom stereocenters. The summed E-state index contributed by atoms with van der Waals surface area (Å²) in [5.41, 5.74) is 0.683. The molecule has 10 heteroatoms. The fourth-order valence-electron chi connectivity index (χ4n) is 2.87. The van der Waals surface area contributed by atoms with Crippen molar-refractivity contribution in [2.45, 2.75) is 25.8 Å². The van der Waals surface area contributed by atoms with Gasteiger partial charge in [0.2, 0.25) is 0 Å². The third-order valence-electron chi connectivity index (χ3n) is 4.27. The van der Waals surface area contributed by atoms with Crippen LogP contribution in [0.3, 0.4) is 0 Å². The summed E-state index contributed by atoms with van der Waals surface area (Å²) in [4.78, 5) is 25.5. The molecule has 144 valence electrons. The molecule has 1 aliphatic heterocycles. The molecule has 3 rings (SSSR count). The van der Waals surface area contributed by atoms with E-state index in [0.717, 1.165) is 0 Å². The molecule has 0 saturated carbocycles. The van der Waals surface area contributed by atoms with E-state index in [9.17, 15) is 14.0 Å². The van der Waals surface area contributed by atoms with Crippen LogP contribution in [0.4, 0.5) is 19.7 Å². The second-order valence-corrected chi connectivity index (χ2v) is 6.09. The molecule has 1 saturated heterocycles. The Hall–Kier alpha value is -3.17. The van der Waals surface area contributed by atoms with Crippen LogP contribution in [0.2, 0.25) is 0 Å². The van der Waals surface area contributed by atoms with E-state index in [0.29, 0.717) is 38.2 Å². The van der Waals surface area contributed by atoms with Crippen LogP contribution >= 0.6 is 0 Å². The number of nitrogens with zero attached hydrogens (tertiary/aromatic N) is 4. The van der Waals surface area contributed by atoms with Gasteiger partial charge in [-0.25, -0.2) is 14.0 Å². The Morgan fingerprint density at radius 2 is 1.96 bits per heavy atom. The molecule has 1 aromatic heterocycles. The number of hydrogen-bond acceptors (Lipinski definition) is 5. The molecule has 1 aliphatic rings. The normalized spacial score (nSPS) is 14.7. The Morgan fingerprint density at radius 3 is 2.63 bits per heavy atom. The third kappa shape index (κ3) is 4.72. The number of piperidine rings is 1. The molecule has 0 bridgehead atoms. The highest BCUT2D eigenvalue weighted by atomic mass is 19.1. The van der Waals surface area contributed by atoms with Gasteiger partial charge in [0.05, 0.1) is 18.0 Å². The van der Waals surface area contributed by atoms with E-state index in [1.165, 1.54) is 24.8 Å². The maximum absolute atomic E-state index is 14.0. The number of anilines is 1. The van der Waals surface area contributed by atoms with Crippen molar-refractivity contribution in [1.82, 2.24) is 25.0 Å². The minimum absolute atomic E-state index is 0.0580. The first-order valence-electron chi connectivity index (χ1n) is 8.70. The van der Waals surface area contributed by atoms with Crippen molar-refractivity contribution < 1.29 is 18.7 Å². The lowest BCUT2D eigenvalue weighted by Gasteiger charge is -2.31. The number of carbonyl (C=O) groups is 2. The van der Waals surface area contributed by atoms with Crippen molar-refractivity contribution in [3.8, 4) is 5.69 Å². The third-order valence-corrected chi connectivity index (χ3v) is 4.27. The maximum atomic E-state index is 14.0. The fraction of sp³-hybridized carbons (Fsp3) is 0.412. The molecule has 0 atom stereocenters. The molecule has 2 N–H and O–H groups in total. The second kappa shape index (κ2) is 8.47. The van der Waals surface area contributed by atoms with Gasteiger partial charge < -0.3 is 20.3 Å². The molecule has 27 heavy (non-hydrogen) atoms. The van der Waals surface area contributed by atoms with E-state index >= 15 is 0 Å². The first-order valence-corrected chi connectivity index (χ1v) is 8.70. The molecule has 0 radical (unpaired) electrons. The van der Waals surface area contributed by atoms with Crippen LogP contribution in [0.1, 0.15) is 19.8 Å². The highest BCUT2D eigenvalue weighted by Crippen LogP contribution is 2.19. The number of nitrogens with one attached hydrogen (secondary N) is 2. The average Bonchev–Trinajstić information content (AvgIpc) is 3.19. The number of amides is 3. The van der Waals surface area contributed by atoms with E-state index < -0.39 is 11.8 Å². The highest BCUT2D eigenvalue weighted by Gasteiger charge is 2.24. The van der Waals surface area contributed by atoms with Gasteiger partial charge in [-0.1, -0.05) is 0 Å². The summed E-state index contributed by atoms with van der Waals surface area (Å²) in [6.45, 7) is 3.09. The largest absolute Gasteiger partial charge is 0.450 e. The van der Waals surface area contributed by atoms with Crippen molar-refractivity contribution >= 4 is 17.8 Å². The lowest BCUT2D eigenvalue weighted by atomic mass is 10.1. The summed E-state index contributed by atoms with van der Waals surface area (Å²) in [6.07, 6.45) is 3.83. The van der Waals surface area contributed by atoms with Gasteiger partial charge in [0.25, 0.3) is 0 Å². The monoisotopic (exact) mass is 376 g/mol. The van der Waals surface area contributed by atoms with Crippen LogP contribution in [-0.4, -0.2) is 57.5 Å². The number of rotatable bonds is 4. The molecule has 1 aromatic carbocycles. The standard InChI is InChI=1S/C17H21FN6O3/c1-2-27-17(26)23-7-5-12(6-8-23)21-16(25)22-15-9-13(3-4-14(15)18)24-10-19-20-11-24/h3-4,9-12H,2,5-8H2,1H3,(H2,21,22,25). The maximum Gasteiger partial charge on any atom is 0.409 e. The highest BCUT2D eigenvalue weighted by molar-refractivity contribution is 5.90. The Kier molecular flexibility index (Phi) is 5.84. The first kappa shape index (κ1) is 18.6. The van der Waals surface area contributed by atoms with E-state index in [1.54, 1.807) is 22.5 Å². The van der Waals surface area contributed by atoms with Crippen LogP contribution in [0.15, 0.2) is 30.9 Å². The molecular formula is C17H21FN6O3. The van der Waals surface area contributed by atoms with Gasteiger partial charge in [-0.3, -0.25) is 4.57 Å². The topological polar surface area (TPSA) is 101 Å². The van der Waals surface area contributed by atoms with Gasteiger partial charge in [0.1, 0.15) is 18.5 Å². The predicted octanol–water partition coefficient (Wildman–Crippen LogP) is 2.15. The Balaban J connectivity index is 1.54. The Bertz CT molecular complexity index is 790. The van der Waals surface area contributed by atoms with Gasteiger partial charge >= 0.3 is 12.1 Å². The van der Waals surface area contributed by atoms with Crippen LogP contribution in [0, 0.1) is 5.82 Å². The van der Waals surface area contributed by atoms with Crippen molar-refractivity contribution in [2.75, 3.05) is 25.0 Å². The molecule has 3 amide bonds. The van der Waals surface area contributed by atoms with Gasteiger partial charge in [-0.2, -0.15) is 0 Å². The van der Waals surface area contributed by atoms with Gasteiger partial charge in [0.15, 0.2) is 0 Å². The number of urea groups is 1. The quantitative estimate of drug-likeness (QED) is 0.851. The van der Waals surface area contributed by atoms with Gasteiger partial charge in [0, 0.05) is 19.1 Å². The van der Waals surface area contributed by atoms with E-state index in [1.807, 2.05) is 0 Å². The minimum atomic E-state index is -0.542. The van der Waals surface area contributed by atoms with E-state index in [-0.39, 0.29) is 17.8 Å². The number of halogens is 1. The number of ether oxygens (including phenoxy) is 1. The summed E-state index contributed by atoms with van der Waals surface area (Å²) >= 11 is 0. The second-order valence-electron chi connectivity index (χ2n) is 6.09. The number of benzene rings is 1. The molecule has 1 fully saturated rings. The lowest BCUT2D eigenvalue weighted by molar-refractivity contribution is 0.0959. The van der Waals surface area contributed by atoms with Gasteiger partial charge in [-0.05, 0) is 38.0 Å². The zero-order chi connectivity index (χ0) is 19.2. The summed E-state index contributed by atoms with van der Waals surface area (Å²) in [6, 6.07) is 3.74. The Labute approximate surface area is 155 Å². The van der Waals surface area contributed by atoms with Crippen LogP contribution in [0.25, 0.3) is 5.69 Å². The van der Waals surface area contributed by atoms with Crippen LogP contribution < -0.4 is 10.6 Å². The minimum Gasteiger partial charge on any atom is -0.450 e. The lowest BCUT2D eigenvalue weighted by Crippen LogP contribution is -2.47.